The van der Waals surface area contributed by atoms with Gasteiger partial charge in [0.05, 0.1) is 11.0 Å². The van der Waals surface area contributed by atoms with Crippen molar-refractivity contribution in [1.29, 1.82) is 0 Å². The van der Waals surface area contributed by atoms with Gasteiger partial charge in [0.2, 0.25) is 0 Å². The number of hydrogen-bond acceptors (Lipinski definition) is 0. The first kappa shape index (κ1) is 19.2. The minimum absolute atomic E-state index is 1.25. The molecule has 0 fully saturated rings. The summed E-state index contributed by atoms with van der Waals surface area (Å²) in [7, 11) is 4.42. The van der Waals surface area contributed by atoms with Crippen LogP contribution in [0.2, 0.25) is 0 Å². The summed E-state index contributed by atoms with van der Waals surface area (Å²) in [5, 5.41) is 5.23. The predicted molar refractivity (Wildman–Crippen MR) is 145 cm³/mol. The molecule has 0 saturated heterocycles. The van der Waals surface area contributed by atoms with Crippen LogP contribution in [0.25, 0.3) is 65.9 Å². The molecule has 0 N–H and O–H groups in total. The van der Waals surface area contributed by atoms with Gasteiger partial charge in [-0.2, -0.15) is 0 Å². The summed E-state index contributed by atoms with van der Waals surface area (Å²) in [6.07, 6.45) is 0. The van der Waals surface area contributed by atoms with Crippen LogP contribution in [0.15, 0.2) is 109 Å². The van der Waals surface area contributed by atoms with E-state index in [4.69, 9.17) is 0 Å². The highest BCUT2D eigenvalue weighted by Crippen LogP contribution is 2.49. The fourth-order valence-corrected chi connectivity index (χ4v) is 5.89. The highest BCUT2D eigenvalue weighted by atomic mass is 15.0. The molecular weight excluding hydrogens is 412 g/mol. The van der Waals surface area contributed by atoms with Gasteiger partial charge < -0.3 is 9.13 Å². The van der Waals surface area contributed by atoms with Crippen molar-refractivity contribution in [1.82, 2.24) is 9.13 Å². The summed E-state index contributed by atoms with van der Waals surface area (Å²) in [4.78, 5) is 0. The van der Waals surface area contributed by atoms with E-state index in [9.17, 15) is 0 Å². The van der Waals surface area contributed by atoms with E-state index in [1.165, 1.54) is 65.9 Å². The Morgan fingerprint density at radius 1 is 0.412 bits per heavy atom. The zero-order valence-corrected chi connectivity index (χ0v) is 19.3. The quantitative estimate of drug-likeness (QED) is 0.258. The van der Waals surface area contributed by atoms with E-state index in [1.807, 2.05) is 0 Å². The van der Waals surface area contributed by atoms with Gasteiger partial charge in [0.1, 0.15) is 0 Å². The zero-order chi connectivity index (χ0) is 22.8. The maximum atomic E-state index is 2.39. The molecule has 0 spiro atoms. The van der Waals surface area contributed by atoms with Crippen molar-refractivity contribution >= 4 is 43.6 Å². The van der Waals surface area contributed by atoms with Crippen LogP contribution in [0.4, 0.5) is 0 Å². The van der Waals surface area contributed by atoms with E-state index in [0.717, 1.165) is 0 Å². The predicted octanol–water partition coefficient (Wildman–Crippen LogP) is 8.31. The van der Waals surface area contributed by atoms with Crippen molar-refractivity contribution < 1.29 is 0 Å². The van der Waals surface area contributed by atoms with Gasteiger partial charge in [0.25, 0.3) is 0 Å². The first-order valence-corrected chi connectivity index (χ1v) is 11.8. The van der Waals surface area contributed by atoms with Gasteiger partial charge in [-0.25, -0.2) is 0 Å². The molecule has 34 heavy (non-hydrogen) atoms. The number of hydrogen-bond donors (Lipinski definition) is 0. The third-order valence-electron chi connectivity index (χ3n) is 7.31. The molecule has 2 heterocycles. The lowest BCUT2D eigenvalue weighted by Crippen LogP contribution is -1.95. The Balaban J connectivity index is 1.89. The number of benzene rings is 5. The van der Waals surface area contributed by atoms with Crippen LogP contribution in [0, 0.1) is 0 Å². The number of aryl methyl sites for hydroxylation is 2. The summed E-state index contributed by atoms with van der Waals surface area (Å²) < 4.78 is 4.78. The molecule has 7 aromatic rings. The monoisotopic (exact) mass is 436 g/mol. The van der Waals surface area contributed by atoms with Crippen LogP contribution in [-0.2, 0) is 14.1 Å². The summed E-state index contributed by atoms with van der Waals surface area (Å²) in [5.41, 5.74) is 10.2. The molecule has 0 aliphatic carbocycles. The lowest BCUT2D eigenvalue weighted by Gasteiger charge is -2.16. The summed E-state index contributed by atoms with van der Waals surface area (Å²) in [6.45, 7) is 0. The van der Waals surface area contributed by atoms with Crippen molar-refractivity contribution in [2.75, 3.05) is 0 Å². The van der Waals surface area contributed by atoms with Gasteiger partial charge in [-0.15, -0.1) is 0 Å². The van der Waals surface area contributed by atoms with Crippen molar-refractivity contribution in [3.8, 4) is 22.3 Å². The van der Waals surface area contributed by atoms with Crippen molar-refractivity contribution in [2.45, 2.75) is 0 Å². The second-order valence-corrected chi connectivity index (χ2v) is 9.08. The van der Waals surface area contributed by atoms with Crippen LogP contribution < -0.4 is 0 Å². The third-order valence-corrected chi connectivity index (χ3v) is 7.31. The molecule has 5 aromatic carbocycles. The van der Waals surface area contributed by atoms with E-state index < -0.39 is 0 Å². The molecule has 0 atom stereocenters. The van der Waals surface area contributed by atoms with E-state index >= 15 is 0 Å². The molecule has 7 rings (SSSR count). The fraction of sp³-hybridized carbons (Fsp3) is 0.0625. The van der Waals surface area contributed by atoms with Crippen molar-refractivity contribution in [2.24, 2.45) is 14.1 Å². The van der Waals surface area contributed by atoms with Gasteiger partial charge in [-0.3, -0.25) is 0 Å². The lowest BCUT2D eigenvalue weighted by molar-refractivity contribution is 1.01. The molecule has 0 bridgehead atoms. The minimum Gasteiger partial charge on any atom is -0.343 e. The number of fused-ring (bicyclic) bond motifs is 6. The fourth-order valence-electron chi connectivity index (χ4n) is 5.89. The van der Waals surface area contributed by atoms with Crippen molar-refractivity contribution in [3.63, 3.8) is 0 Å². The smallest absolute Gasteiger partial charge is 0.0582 e. The average Bonchev–Trinajstić information content (AvgIpc) is 3.36. The Hall–Kier alpha value is -4.30. The standard InChI is InChI=1S/C32H24N2/c1-33-25-19-11-9-17-23(25)29-28(22-15-7-4-8-16-22)32-30(24-18-10-12-20-26(24)34(32)2)27(31(29)33)21-13-5-3-6-14-21/h3-20H,1-2H3. The Morgan fingerprint density at radius 2 is 0.765 bits per heavy atom. The highest BCUT2D eigenvalue weighted by Gasteiger charge is 2.25. The molecule has 0 amide bonds. The average molecular weight is 437 g/mol. The van der Waals surface area contributed by atoms with Crippen LogP contribution >= 0.6 is 0 Å². The van der Waals surface area contributed by atoms with E-state index in [0.29, 0.717) is 0 Å². The number of nitrogens with zero attached hydrogens (tertiary/aromatic N) is 2. The third kappa shape index (κ3) is 2.45. The van der Waals surface area contributed by atoms with Crippen LogP contribution in [0.5, 0.6) is 0 Å². The van der Waals surface area contributed by atoms with Gasteiger partial charge in [-0.05, 0) is 23.3 Å². The number of aromatic nitrogens is 2. The molecule has 2 nitrogen and oxygen atoms in total. The topological polar surface area (TPSA) is 9.86 Å². The number of para-hydroxylation sites is 2. The van der Waals surface area contributed by atoms with Crippen LogP contribution in [0.1, 0.15) is 0 Å². The second kappa shape index (κ2) is 7.10. The van der Waals surface area contributed by atoms with Gasteiger partial charge in [0, 0.05) is 57.8 Å². The first-order chi connectivity index (χ1) is 16.8. The Morgan fingerprint density at radius 3 is 1.18 bits per heavy atom. The molecular formula is C32H24N2. The van der Waals surface area contributed by atoms with Crippen LogP contribution in [-0.4, -0.2) is 9.13 Å². The van der Waals surface area contributed by atoms with E-state index in [2.05, 4.69) is 132 Å². The summed E-state index contributed by atoms with van der Waals surface area (Å²) in [6, 6.07) is 39.4. The molecule has 2 heteroatoms. The molecule has 0 aliphatic rings. The van der Waals surface area contributed by atoms with Gasteiger partial charge >= 0.3 is 0 Å². The number of rotatable bonds is 2. The first-order valence-electron chi connectivity index (χ1n) is 11.8. The molecule has 162 valence electrons. The molecule has 2 aromatic heterocycles. The zero-order valence-electron chi connectivity index (χ0n) is 19.3. The minimum atomic E-state index is 1.25. The molecule has 0 radical (unpaired) electrons. The normalized spacial score (nSPS) is 11.8. The molecule has 0 saturated carbocycles. The largest absolute Gasteiger partial charge is 0.343 e. The summed E-state index contributed by atoms with van der Waals surface area (Å²) in [5.74, 6) is 0. The Bertz CT molecular complexity index is 1710. The van der Waals surface area contributed by atoms with Gasteiger partial charge in [0.15, 0.2) is 0 Å². The van der Waals surface area contributed by atoms with Crippen molar-refractivity contribution in [3.05, 3.63) is 109 Å². The maximum absolute atomic E-state index is 2.39. The highest BCUT2D eigenvalue weighted by molar-refractivity contribution is 6.32. The second-order valence-electron chi connectivity index (χ2n) is 9.08. The van der Waals surface area contributed by atoms with E-state index in [-0.39, 0.29) is 0 Å². The van der Waals surface area contributed by atoms with Gasteiger partial charge in [-0.1, -0.05) is 97.1 Å². The SMILES string of the molecule is Cn1c2ccccc2c2c(-c3ccccc3)c3c(c(-c4ccccc4)c21)c1ccccc1n3C. The lowest BCUT2D eigenvalue weighted by atomic mass is 9.90. The summed E-state index contributed by atoms with van der Waals surface area (Å²) >= 11 is 0. The van der Waals surface area contributed by atoms with E-state index in [1.54, 1.807) is 0 Å². The maximum Gasteiger partial charge on any atom is 0.0582 e. The van der Waals surface area contributed by atoms with Crippen LogP contribution in [0.3, 0.4) is 0 Å². The molecule has 0 unspecified atom stereocenters. The Kier molecular flexibility index (Phi) is 4.01. The molecule has 0 aliphatic heterocycles. The Labute approximate surface area is 198 Å².